The molecule has 0 aliphatic heterocycles. The SMILES string of the molecule is C=C(C)C(=O)OCCO.C=CC(=O)OC12CC3CC(CC(C3)C1)C2.C=CC(=O)OC12CC3CC(CC(OCCO)(C3)C1)C2. The second-order valence-corrected chi connectivity index (χ2v) is 13.9. The average Bonchev–Trinajstić information content (AvgIpc) is 2.93. The molecule has 0 saturated heterocycles. The van der Waals surface area contributed by atoms with Crippen molar-refractivity contribution >= 4 is 17.9 Å². The van der Waals surface area contributed by atoms with Gasteiger partial charge in [0.1, 0.15) is 17.8 Å². The Morgan fingerprint density at radius 3 is 1.56 bits per heavy atom. The Morgan fingerprint density at radius 1 is 0.698 bits per heavy atom. The van der Waals surface area contributed by atoms with Crippen molar-refractivity contribution in [3.63, 3.8) is 0 Å². The van der Waals surface area contributed by atoms with Gasteiger partial charge in [0.25, 0.3) is 0 Å². The van der Waals surface area contributed by atoms with Crippen molar-refractivity contribution in [2.75, 3.05) is 26.4 Å². The van der Waals surface area contributed by atoms with Crippen molar-refractivity contribution in [1.29, 1.82) is 0 Å². The molecule has 8 fully saturated rings. The average molecular weight is 603 g/mol. The first kappa shape index (κ1) is 33.4. The Kier molecular flexibility index (Phi) is 10.9. The fourth-order valence-electron chi connectivity index (χ4n) is 9.57. The van der Waals surface area contributed by atoms with Gasteiger partial charge in [0, 0.05) is 24.1 Å². The largest absolute Gasteiger partial charge is 0.460 e. The molecule has 8 saturated carbocycles. The molecule has 0 aromatic carbocycles. The zero-order valence-corrected chi connectivity index (χ0v) is 25.7. The molecule has 9 nitrogen and oxygen atoms in total. The molecule has 8 aliphatic carbocycles. The second kappa shape index (κ2) is 14.1. The highest BCUT2D eigenvalue weighted by Crippen LogP contribution is 2.60. The van der Waals surface area contributed by atoms with Gasteiger partial charge in [-0.05, 0) is 107 Å². The fraction of sp³-hybridized carbons (Fsp3) is 0.735. The van der Waals surface area contributed by atoms with E-state index in [2.05, 4.69) is 24.5 Å². The van der Waals surface area contributed by atoms with Crippen LogP contribution in [0.1, 0.15) is 84.0 Å². The van der Waals surface area contributed by atoms with Crippen LogP contribution >= 0.6 is 0 Å². The van der Waals surface area contributed by atoms with Crippen LogP contribution in [-0.4, -0.2) is 71.4 Å². The number of esters is 3. The third-order valence-corrected chi connectivity index (χ3v) is 10.1. The summed E-state index contributed by atoms with van der Waals surface area (Å²) in [6.07, 6.45) is 16.1. The van der Waals surface area contributed by atoms with Gasteiger partial charge in [-0.2, -0.15) is 0 Å². The van der Waals surface area contributed by atoms with Crippen LogP contribution in [-0.2, 0) is 33.3 Å². The smallest absolute Gasteiger partial charge is 0.333 e. The van der Waals surface area contributed by atoms with Gasteiger partial charge in [-0.1, -0.05) is 19.7 Å². The monoisotopic (exact) mass is 602 g/mol. The van der Waals surface area contributed by atoms with E-state index in [1.165, 1.54) is 37.8 Å². The molecule has 0 radical (unpaired) electrons. The van der Waals surface area contributed by atoms with Gasteiger partial charge in [-0.15, -0.1) is 0 Å². The molecule has 8 aliphatic rings. The maximum absolute atomic E-state index is 11.6. The lowest BCUT2D eigenvalue weighted by Crippen LogP contribution is -2.61. The summed E-state index contributed by atoms with van der Waals surface area (Å²) >= 11 is 0. The van der Waals surface area contributed by atoms with Gasteiger partial charge in [0.05, 0.1) is 25.4 Å². The number of carbonyl (C=O) groups excluding carboxylic acids is 3. The molecular weight excluding hydrogens is 552 g/mol. The Labute approximate surface area is 255 Å². The maximum atomic E-state index is 11.6. The Morgan fingerprint density at radius 2 is 1.12 bits per heavy atom. The number of aliphatic hydroxyl groups excluding tert-OH is 2. The highest BCUT2D eigenvalue weighted by atomic mass is 16.6. The van der Waals surface area contributed by atoms with Crippen molar-refractivity contribution in [3.05, 3.63) is 37.5 Å². The molecule has 0 amide bonds. The second-order valence-electron chi connectivity index (χ2n) is 13.9. The molecule has 2 N–H and O–H groups in total. The molecular formula is C34H50O9. The fourth-order valence-corrected chi connectivity index (χ4v) is 9.57. The standard InChI is InChI=1S/C15H22O4.C13H18O2.C6H10O3/c1-2-13(17)19-15-8-11-5-12(9-15)7-14(6-11,10-15)18-4-3-16;1-2-12(14)15-13-6-9-3-10(7-13)5-11(4-9)8-13;1-5(2)6(8)9-4-3-7/h2,11-12,16H,1,3-10H2;2,9-11H,1,3-8H2;7H,1,3-4H2,2H3. The van der Waals surface area contributed by atoms with E-state index < -0.39 is 5.97 Å². The summed E-state index contributed by atoms with van der Waals surface area (Å²) in [5.41, 5.74) is -0.262. The first-order valence-electron chi connectivity index (χ1n) is 15.9. The lowest BCUT2D eigenvalue weighted by atomic mass is 9.52. The van der Waals surface area contributed by atoms with Crippen LogP contribution in [0.25, 0.3) is 0 Å². The van der Waals surface area contributed by atoms with E-state index in [-0.39, 0.29) is 48.6 Å². The quantitative estimate of drug-likeness (QED) is 0.209. The normalized spacial score (nSPS) is 37.1. The minimum Gasteiger partial charge on any atom is -0.460 e. The highest BCUT2D eigenvalue weighted by Gasteiger charge is 2.60. The van der Waals surface area contributed by atoms with Crippen LogP contribution in [0.5, 0.6) is 0 Å². The van der Waals surface area contributed by atoms with Gasteiger partial charge < -0.3 is 29.2 Å². The molecule has 0 aromatic rings. The number of carbonyl (C=O) groups is 3. The van der Waals surface area contributed by atoms with E-state index in [4.69, 9.17) is 24.4 Å². The summed E-state index contributed by atoms with van der Waals surface area (Å²) in [5, 5.41) is 17.2. The molecule has 2 atom stereocenters. The topological polar surface area (TPSA) is 129 Å². The van der Waals surface area contributed by atoms with Crippen molar-refractivity contribution in [3.8, 4) is 0 Å². The minimum atomic E-state index is -0.455. The van der Waals surface area contributed by atoms with Gasteiger partial charge >= 0.3 is 17.9 Å². The van der Waals surface area contributed by atoms with Crippen molar-refractivity contribution in [2.45, 2.75) is 101 Å². The van der Waals surface area contributed by atoms with Crippen molar-refractivity contribution < 1.29 is 43.5 Å². The van der Waals surface area contributed by atoms with E-state index in [1.807, 2.05) is 0 Å². The first-order chi connectivity index (χ1) is 20.5. The third-order valence-electron chi connectivity index (χ3n) is 10.1. The summed E-state index contributed by atoms with van der Waals surface area (Å²) in [7, 11) is 0. The Balaban J connectivity index is 0.000000158. The molecule has 2 unspecified atom stereocenters. The Hall–Kier alpha value is -2.49. The van der Waals surface area contributed by atoms with Crippen LogP contribution in [0.3, 0.4) is 0 Å². The summed E-state index contributed by atoms with van der Waals surface area (Å²) in [6.45, 7) is 12.2. The van der Waals surface area contributed by atoms with E-state index in [1.54, 1.807) is 6.92 Å². The van der Waals surface area contributed by atoms with Gasteiger partial charge in [0.15, 0.2) is 0 Å². The number of aliphatic hydroxyl groups is 2. The molecule has 43 heavy (non-hydrogen) atoms. The number of rotatable bonds is 10. The molecule has 9 heteroatoms. The number of hydrogen-bond donors (Lipinski definition) is 2. The van der Waals surface area contributed by atoms with Crippen LogP contribution in [0.2, 0.25) is 0 Å². The molecule has 8 rings (SSSR count). The minimum absolute atomic E-state index is 0.0473. The maximum Gasteiger partial charge on any atom is 0.333 e. The van der Waals surface area contributed by atoms with E-state index in [0.717, 1.165) is 69.1 Å². The molecule has 0 spiro atoms. The third kappa shape index (κ3) is 8.37. The summed E-state index contributed by atoms with van der Waals surface area (Å²) < 4.78 is 21.8. The lowest BCUT2D eigenvalue weighted by Gasteiger charge is -2.60. The van der Waals surface area contributed by atoms with E-state index in [9.17, 15) is 14.4 Å². The van der Waals surface area contributed by atoms with Crippen LogP contribution in [0.4, 0.5) is 0 Å². The van der Waals surface area contributed by atoms with Gasteiger partial charge in [-0.3, -0.25) is 0 Å². The molecule has 240 valence electrons. The zero-order valence-electron chi connectivity index (χ0n) is 25.7. The lowest BCUT2D eigenvalue weighted by molar-refractivity contribution is -0.233. The van der Waals surface area contributed by atoms with E-state index in [0.29, 0.717) is 24.0 Å². The summed E-state index contributed by atoms with van der Waals surface area (Å²) in [4.78, 5) is 33.4. The number of hydrogen-bond acceptors (Lipinski definition) is 9. The van der Waals surface area contributed by atoms with Crippen LogP contribution in [0.15, 0.2) is 37.5 Å². The first-order valence-corrected chi connectivity index (χ1v) is 15.9. The van der Waals surface area contributed by atoms with Gasteiger partial charge in [0.2, 0.25) is 0 Å². The summed E-state index contributed by atoms with van der Waals surface area (Å²) in [5.74, 6) is 2.67. The van der Waals surface area contributed by atoms with Gasteiger partial charge in [-0.25, -0.2) is 14.4 Å². The van der Waals surface area contributed by atoms with Crippen LogP contribution in [0, 0.1) is 29.6 Å². The zero-order chi connectivity index (χ0) is 31.3. The number of ether oxygens (including phenoxy) is 4. The van der Waals surface area contributed by atoms with E-state index >= 15 is 0 Å². The predicted molar refractivity (Wildman–Crippen MR) is 160 cm³/mol. The summed E-state index contributed by atoms with van der Waals surface area (Å²) in [6, 6.07) is 0. The van der Waals surface area contributed by atoms with Crippen LogP contribution < -0.4 is 0 Å². The highest BCUT2D eigenvalue weighted by molar-refractivity contribution is 5.86. The predicted octanol–water partition coefficient (Wildman–Crippen LogP) is 4.60. The molecule has 0 aromatic heterocycles. The molecule has 0 heterocycles. The van der Waals surface area contributed by atoms with Crippen molar-refractivity contribution in [2.24, 2.45) is 29.6 Å². The van der Waals surface area contributed by atoms with Crippen molar-refractivity contribution in [1.82, 2.24) is 0 Å². The molecule has 8 bridgehead atoms. The Bertz CT molecular complexity index is 1010.